The molecule has 0 aliphatic carbocycles. The number of hydrogen-bond donors (Lipinski definition) is 1. The van der Waals surface area contributed by atoms with Gasteiger partial charge in [0, 0.05) is 42.6 Å². The number of carbonyl (C=O) groups excluding carboxylic acids is 2. The number of nitrogens with zero attached hydrogens (tertiary/aromatic N) is 6. The Kier molecular flexibility index (Phi) is 11.3. The highest BCUT2D eigenvalue weighted by Crippen LogP contribution is 2.48. The fourth-order valence-corrected chi connectivity index (χ4v) is 9.09. The van der Waals surface area contributed by atoms with Gasteiger partial charge >= 0.3 is 12.3 Å². The lowest BCUT2D eigenvalue weighted by atomic mass is 9.94. The molecule has 3 aliphatic heterocycles. The van der Waals surface area contributed by atoms with Crippen molar-refractivity contribution in [3.8, 4) is 28.6 Å². The lowest BCUT2D eigenvalue weighted by Gasteiger charge is -2.47. The number of piperazine rings is 1. The predicted molar refractivity (Wildman–Crippen MR) is 236 cm³/mol. The van der Waals surface area contributed by atoms with Gasteiger partial charge < -0.3 is 34.1 Å². The van der Waals surface area contributed by atoms with Crippen LogP contribution in [0.4, 0.5) is 38.1 Å². The molecule has 2 aromatic heterocycles. The van der Waals surface area contributed by atoms with Gasteiger partial charge in [0.1, 0.15) is 40.3 Å². The molecule has 8 rings (SSSR count). The van der Waals surface area contributed by atoms with Gasteiger partial charge in [0.15, 0.2) is 5.82 Å². The number of halogens is 5. The number of ether oxygens (including phenoxy) is 4. The van der Waals surface area contributed by atoms with E-state index in [-0.39, 0.29) is 38.3 Å². The Morgan fingerprint density at radius 1 is 0.970 bits per heavy atom. The van der Waals surface area contributed by atoms with Crippen LogP contribution in [0, 0.1) is 18.6 Å². The number of carbonyl (C=O) groups is 2. The van der Waals surface area contributed by atoms with Crippen molar-refractivity contribution in [1.82, 2.24) is 24.6 Å². The number of aromatic nitrogens is 3. The van der Waals surface area contributed by atoms with E-state index in [2.05, 4.69) is 15.4 Å². The normalized spacial score (nSPS) is 20.0. The maximum atomic E-state index is 17.9. The van der Waals surface area contributed by atoms with Gasteiger partial charge in [-0.1, -0.05) is 24.3 Å². The molecule has 3 aliphatic rings. The third-order valence-corrected chi connectivity index (χ3v) is 12.1. The quantitative estimate of drug-likeness (QED) is 0.128. The fourth-order valence-electron chi connectivity index (χ4n) is 9.09. The third kappa shape index (κ3) is 8.88. The van der Waals surface area contributed by atoms with Crippen molar-refractivity contribution in [3.05, 3.63) is 112 Å². The number of methoxy groups -OCH3 is 2. The summed E-state index contributed by atoms with van der Waals surface area (Å²) >= 11 is 0. The Labute approximate surface area is 383 Å². The van der Waals surface area contributed by atoms with E-state index in [4.69, 9.17) is 23.1 Å². The first-order valence-corrected chi connectivity index (χ1v) is 21.3. The van der Waals surface area contributed by atoms with Gasteiger partial charge in [-0.05, 0) is 100 Å². The van der Waals surface area contributed by atoms with Crippen molar-refractivity contribution in [2.75, 3.05) is 31.0 Å². The second-order valence-electron chi connectivity index (χ2n) is 17.6. The Balaban J connectivity index is 1.34. The average molecular weight is 921 g/mol. The van der Waals surface area contributed by atoms with Crippen LogP contribution in [0.2, 0.25) is 0 Å². The van der Waals surface area contributed by atoms with Gasteiger partial charge in [0.2, 0.25) is 5.88 Å². The maximum absolute atomic E-state index is 17.9. The van der Waals surface area contributed by atoms with Crippen LogP contribution in [0.3, 0.4) is 0 Å². The van der Waals surface area contributed by atoms with Gasteiger partial charge in [-0.15, -0.1) is 0 Å². The molecule has 2 saturated heterocycles. The van der Waals surface area contributed by atoms with Crippen LogP contribution in [0.25, 0.3) is 11.3 Å². The highest BCUT2D eigenvalue weighted by molar-refractivity contribution is 6.03. The highest BCUT2D eigenvalue weighted by atomic mass is 19.4. The molecule has 0 unspecified atom stereocenters. The molecule has 5 heterocycles. The van der Waals surface area contributed by atoms with Crippen molar-refractivity contribution in [2.45, 2.75) is 103 Å². The first-order chi connectivity index (χ1) is 32.5. The molecule has 350 valence electrons. The van der Waals surface area contributed by atoms with Crippen LogP contribution in [-0.2, 0) is 37.6 Å². The fraction of sp³-hybridized carbons (Fsp3) is 0.417. The number of nitrogens with one attached hydrogen (secondary N) is 1. The highest BCUT2D eigenvalue weighted by Gasteiger charge is 2.55. The Bertz CT molecular complexity index is 2700. The second kappa shape index (κ2) is 17.7. The smallest absolute Gasteiger partial charge is 0.417 e. The minimum atomic E-state index is -5.30. The van der Waals surface area contributed by atoms with Crippen molar-refractivity contribution < 1.29 is 54.6 Å². The van der Waals surface area contributed by atoms with Gasteiger partial charge in [-0.25, -0.2) is 18.6 Å². The van der Waals surface area contributed by atoms with Gasteiger partial charge in [-0.3, -0.25) is 14.4 Å². The number of rotatable bonds is 11. The van der Waals surface area contributed by atoms with Crippen LogP contribution in [0.1, 0.15) is 82.9 Å². The predicted octanol–water partition coefficient (Wildman–Crippen LogP) is 9.30. The zero-order valence-electron chi connectivity index (χ0n) is 40.4. The molecule has 4 atom stereocenters. The molecule has 3 aromatic carbocycles. The third-order valence-electron chi connectivity index (χ3n) is 12.1. The number of aryl methyl sites for hydroxylation is 1. The Morgan fingerprint density at radius 2 is 1.61 bits per heavy atom. The number of alkyl halides is 3. The second-order valence-corrected chi connectivity index (χ2v) is 17.6. The largest absolute Gasteiger partial charge is 0.497 e. The van der Waals surface area contributed by atoms with E-state index in [1.165, 1.54) is 33.6 Å². The number of amides is 2. The van der Waals surface area contributed by atoms with Crippen molar-refractivity contribution in [2.24, 2.45) is 7.05 Å². The minimum absolute atomic E-state index is 0.0499. The standard InChI is InChI=1S/C48H52F5N7O6/c1-26-38(48(51,52)53)34(21-36(39(26)49)58(23-28-9-14-32(63-7)15-10-28)24-29-11-16-33(64-8)17-12-29)41-40(50)42(54-22-30-19-20-57(6)56-30)37-44(55-41)65-27(2)43-35-18-13-31(25-59(43)45(37)61)60(35)46(62)66-47(3,4)5/h9-12,14-17,19-21,27,31,35,43H,13,18,22-25H2,1-8H3,(H,54,55)/t27-,31+,35-,43+/m0/s1/i2D3. The summed E-state index contributed by atoms with van der Waals surface area (Å²) in [4.78, 5) is 37.3. The molecule has 0 radical (unpaired) electrons. The average Bonchev–Trinajstić information content (AvgIpc) is 3.81. The molecule has 1 N–H and O–H groups in total. The van der Waals surface area contributed by atoms with E-state index in [0.29, 0.717) is 34.7 Å². The zero-order chi connectivity index (χ0) is 49.9. The molecule has 0 spiro atoms. The maximum Gasteiger partial charge on any atom is 0.417 e. The zero-order valence-corrected chi connectivity index (χ0v) is 37.4. The first kappa shape index (κ1) is 42.1. The molecular weight excluding hydrogens is 866 g/mol. The molecule has 2 fully saturated rings. The summed E-state index contributed by atoms with van der Waals surface area (Å²) in [5, 5.41) is 7.17. The molecule has 5 aromatic rings. The van der Waals surface area contributed by atoms with Crippen LogP contribution < -0.4 is 24.4 Å². The van der Waals surface area contributed by atoms with E-state index >= 15 is 26.7 Å². The lowest BCUT2D eigenvalue weighted by molar-refractivity contribution is -0.137. The summed E-state index contributed by atoms with van der Waals surface area (Å²) in [5.41, 5.74) is -5.28. The summed E-state index contributed by atoms with van der Waals surface area (Å²) in [7, 11) is 4.61. The summed E-state index contributed by atoms with van der Waals surface area (Å²) < 4.78 is 132. The van der Waals surface area contributed by atoms with E-state index < -0.39 is 106 Å². The summed E-state index contributed by atoms with van der Waals surface area (Å²) in [6.45, 7) is 2.35. The molecule has 0 saturated carbocycles. The van der Waals surface area contributed by atoms with E-state index in [1.54, 1.807) is 88.6 Å². The number of pyridine rings is 1. The topological polar surface area (TPSA) is 124 Å². The van der Waals surface area contributed by atoms with E-state index in [9.17, 15) is 4.79 Å². The van der Waals surface area contributed by atoms with Crippen LogP contribution in [0.5, 0.6) is 17.4 Å². The monoisotopic (exact) mass is 920 g/mol. The Morgan fingerprint density at radius 3 is 2.15 bits per heavy atom. The summed E-state index contributed by atoms with van der Waals surface area (Å²) in [5.74, 6) is -3.32. The van der Waals surface area contributed by atoms with Crippen LogP contribution in [0.15, 0.2) is 66.9 Å². The van der Waals surface area contributed by atoms with E-state index in [1.807, 2.05) is 0 Å². The molecule has 18 heteroatoms. The number of hydrogen-bond acceptors (Lipinski definition) is 10. The van der Waals surface area contributed by atoms with Crippen molar-refractivity contribution in [3.63, 3.8) is 0 Å². The number of fused-ring (bicyclic) bond motifs is 5. The van der Waals surface area contributed by atoms with Gasteiger partial charge in [-0.2, -0.15) is 18.3 Å². The Hall–Kier alpha value is -6.59. The van der Waals surface area contributed by atoms with Crippen LogP contribution in [-0.4, -0.2) is 87.2 Å². The van der Waals surface area contributed by atoms with Gasteiger partial charge in [0.05, 0.1) is 61.5 Å². The first-order valence-electron chi connectivity index (χ1n) is 22.8. The summed E-state index contributed by atoms with van der Waals surface area (Å²) in [6.07, 6.45) is -5.73. The summed E-state index contributed by atoms with van der Waals surface area (Å²) in [6, 6.07) is 13.1. The van der Waals surface area contributed by atoms with Crippen LogP contribution >= 0.6 is 0 Å². The van der Waals surface area contributed by atoms with Gasteiger partial charge in [0.25, 0.3) is 5.91 Å². The van der Waals surface area contributed by atoms with E-state index in [0.717, 1.165) is 13.0 Å². The molecule has 13 nitrogen and oxygen atoms in total. The molecule has 2 bridgehead atoms. The van der Waals surface area contributed by atoms with Crippen molar-refractivity contribution >= 4 is 23.4 Å². The SMILES string of the molecule is [2H]C([2H])([2H])[C@@H]1Oc2nc(-c3cc(N(Cc4ccc(OC)cc4)Cc4ccc(OC)cc4)c(F)c(C)c3C(F)(F)F)c(F)c(NCc3ccn(C)n3)c2C(=O)N2C[C@H]3CC[C@@H]([C@@H]12)N3C(=O)OC(C)(C)C. The minimum Gasteiger partial charge on any atom is -0.497 e. The van der Waals surface area contributed by atoms with Crippen molar-refractivity contribution in [1.29, 1.82) is 0 Å². The number of benzene rings is 3. The molecule has 2 amide bonds. The molecular formula is C48H52F5N7O6. The lowest BCUT2D eigenvalue weighted by Crippen LogP contribution is -2.65. The number of anilines is 2. The molecule has 66 heavy (non-hydrogen) atoms.